The van der Waals surface area contributed by atoms with Crippen LogP contribution in [-0.2, 0) is 0 Å². The van der Waals surface area contributed by atoms with Crippen LogP contribution in [0.15, 0.2) is 30.6 Å². The summed E-state index contributed by atoms with van der Waals surface area (Å²) in [6, 6.07) is 7.56. The summed E-state index contributed by atoms with van der Waals surface area (Å²) in [7, 11) is 0. The van der Waals surface area contributed by atoms with E-state index < -0.39 is 0 Å². The van der Waals surface area contributed by atoms with Gasteiger partial charge in [-0.1, -0.05) is 17.7 Å². The third-order valence-electron chi connectivity index (χ3n) is 2.67. The van der Waals surface area contributed by atoms with Crippen LogP contribution >= 0.6 is 0 Å². The molecule has 0 radical (unpaired) electrons. The van der Waals surface area contributed by atoms with Gasteiger partial charge in [0.2, 0.25) is 0 Å². The van der Waals surface area contributed by atoms with E-state index in [4.69, 9.17) is 0 Å². The average Bonchev–Trinajstić information content (AvgIpc) is 2.32. The van der Waals surface area contributed by atoms with Crippen LogP contribution in [0.4, 0.5) is 5.69 Å². The van der Waals surface area contributed by atoms with Crippen molar-refractivity contribution in [1.29, 1.82) is 0 Å². The predicted octanol–water partition coefficient (Wildman–Crippen LogP) is 2.65. The molecule has 1 amide bonds. The predicted molar refractivity (Wildman–Crippen MR) is 70.6 cm³/mol. The third-order valence-corrected chi connectivity index (χ3v) is 2.67. The Morgan fingerprint density at radius 1 is 1.11 bits per heavy atom. The lowest BCUT2D eigenvalue weighted by Crippen LogP contribution is -2.14. The molecule has 4 nitrogen and oxygen atoms in total. The van der Waals surface area contributed by atoms with Gasteiger partial charge in [-0.2, -0.15) is 0 Å². The minimum atomic E-state index is -0.215. The molecule has 92 valence electrons. The molecule has 1 N–H and O–H groups in total. The summed E-state index contributed by atoms with van der Waals surface area (Å²) in [4.78, 5) is 19.9. The van der Waals surface area contributed by atoms with Crippen LogP contribution in [0, 0.1) is 20.8 Å². The van der Waals surface area contributed by atoms with Crippen molar-refractivity contribution in [3.8, 4) is 0 Å². The molecule has 0 spiro atoms. The van der Waals surface area contributed by atoms with E-state index in [-0.39, 0.29) is 5.91 Å². The van der Waals surface area contributed by atoms with E-state index in [0.717, 1.165) is 16.9 Å². The van der Waals surface area contributed by atoms with Crippen molar-refractivity contribution < 1.29 is 4.79 Å². The molecule has 0 unspecified atom stereocenters. The number of rotatable bonds is 2. The molecule has 1 aromatic carbocycles. The molecule has 18 heavy (non-hydrogen) atoms. The quantitative estimate of drug-likeness (QED) is 0.879. The molecule has 1 aromatic heterocycles. The van der Waals surface area contributed by atoms with Crippen molar-refractivity contribution in [2.45, 2.75) is 20.8 Å². The van der Waals surface area contributed by atoms with Gasteiger partial charge in [0.25, 0.3) is 5.91 Å². The summed E-state index contributed by atoms with van der Waals surface area (Å²) in [5.41, 5.74) is 4.16. The molecule has 2 aromatic rings. The van der Waals surface area contributed by atoms with Crippen LogP contribution < -0.4 is 5.32 Å². The summed E-state index contributed by atoms with van der Waals surface area (Å²) >= 11 is 0. The second-order valence-electron chi connectivity index (χ2n) is 4.32. The maximum absolute atomic E-state index is 12.0. The third kappa shape index (κ3) is 2.71. The first kappa shape index (κ1) is 12.2. The first-order valence-corrected chi connectivity index (χ1v) is 5.73. The fraction of sp³-hybridized carbons (Fsp3) is 0.214. The Balaban J connectivity index is 2.21. The standard InChI is InChI=1S/C14H15N3O/c1-9-4-5-12(10(2)6-9)17-14(18)13-7-11(3)15-8-16-13/h4-8H,1-3H3,(H,17,18). The lowest BCUT2D eigenvalue weighted by molar-refractivity contribution is 0.102. The number of carbonyl (C=O) groups excluding carboxylic acids is 1. The lowest BCUT2D eigenvalue weighted by Gasteiger charge is -2.08. The SMILES string of the molecule is Cc1ccc(NC(=O)c2cc(C)ncn2)c(C)c1. The number of nitrogens with one attached hydrogen (secondary N) is 1. The van der Waals surface area contributed by atoms with Gasteiger partial charge in [-0.25, -0.2) is 9.97 Å². The molecule has 0 aliphatic heterocycles. The number of aromatic nitrogens is 2. The molecule has 0 bridgehead atoms. The summed E-state index contributed by atoms with van der Waals surface area (Å²) < 4.78 is 0. The van der Waals surface area contributed by atoms with E-state index in [1.807, 2.05) is 39.0 Å². The molecule has 1 heterocycles. The second kappa shape index (κ2) is 4.96. The van der Waals surface area contributed by atoms with Gasteiger partial charge in [0.15, 0.2) is 0 Å². The van der Waals surface area contributed by atoms with Crippen molar-refractivity contribution >= 4 is 11.6 Å². The number of hydrogen-bond donors (Lipinski definition) is 1. The Morgan fingerprint density at radius 3 is 2.56 bits per heavy atom. The second-order valence-corrected chi connectivity index (χ2v) is 4.32. The van der Waals surface area contributed by atoms with E-state index >= 15 is 0 Å². The monoisotopic (exact) mass is 241 g/mol. The zero-order valence-electron chi connectivity index (χ0n) is 10.7. The van der Waals surface area contributed by atoms with Crippen molar-refractivity contribution in [3.05, 3.63) is 53.1 Å². The van der Waals surface area contributed by atoms with Crippen LogP contribution in [0.3, 0.4) is 0 Å². The first-order chi connectivity index (χ1) is 8.56. The van der Waals surface area contributed by atoms with Crippen LogP contribution in [0.25, 0.3) is 0 Å². The number of hydrogen-bond acceptors (Lipinski definition) is 3. The maximum Gasteiger partial charge on any atom is 0.274 e. The van der Waals surface area contributed by atoms with E-state index in [1.54, 1.807) is 6.07 Å². The van der Waals surface area contributed by atoms with Crippen LogP contribution in [0.2, 0.25) is 0 Å². The molecule has 0 saturated heterocycles. The number of benzene rings is 1. The highest BCUT2D eigenvalue weighted by molar-refractivity contribution is 6.03. The van der Waals surface area contributed by atoms with Crippen molar-refractivity contribution in [2.24, 2.45) is 0 Å². The van der Waals surface area contributed by atoms with Gasteiger partial charge in [-0.05, 0) is 38.5 Å². The highest BCUT2D eigenvalue weighted by Gasteiger charge is 2.09. The zero-order chi connectivity index (χ0) is 13.1. The summed E-state index contributed by atoms with van der Waals surface area (Å²) in [5, 5.41) is 2.85. The Bertz CT molecular complexity index is 593. The topological polar surface area (TPSA) is 54.9 Å². The summed E-state index contributed by atoms with van der Waals surface area (Å²) in [5.74, 6) is -0.215. The molecule has 4 heteroatoms. The van der Waals surface area contributed by atoms with Gasteiger partial charge >= 0.3 is 0 Å². The van der Waals surface area contributed by atoms with E-state index in [9.17, 15) is 4.79 Å². The van der Waals surface area contributed by atoms with Gasteiger partial charge in [0, 0.05) is 11.4 Å². The van der Waals surface area contributed by atoms with Gasteiger partial charge in [-0.15, -0.1) is 0 Å². The summed E-state index contributed by atoms with van der Waals surface area (Å²) in [6.07, 6.45) is 1.40. The largest absolute Gasteiger partial charge is 0.320 e. The average molecular weight is 241 g/mol. The molecular weight excluding hydrogens is 226 g/mol. The zero-order valence-corrected chi connectivity index (χ0v) is 10.7. The van der Waals surface area contributed by atoms with E-state index in [0.29, 0.717) is 5.69 Å². The van der Waals surface area contributed by atoms with Crippen molar-refractivity contribution in [3.63, 3.8) is 0 Å². The smallest absolute Gasteiger partial charge is 0.274 e. The molecule has 0 aliphatic rings. The Hall–Kier alpha value is -2.23. The minimum Gasteiger partial charge on any atom is -0.320 e. The fourth-order valence-electron chi connectivity index (χ4n) is 1.72. The number of amides is 1. The molecule has 0 atom stereocenters. The minimum absolute atomic E-state index is 0.215. The Morgan fingerprint density at radius 2 is 1.89 bits per heavy atom. The van der Waals surface area contributed by atoms with E-state index in [2.05, 4.69) is 15.3 Å². The van der Waals surface area contributed by atoms with Crippen molar-refractivity contribution in [2.75, 3.05) is 5.32 Å². The highest BCUT2D eigenvalue weighted by Crippen LogP contribution is 2.16. The van der Waals surface area contributed by atoms with Gasteiger partial charge < -0.3 is 5.32 Å². The Kier molecular flexibility index (Phi) is 3.37. The van der Waals surface area contributed by atoms with E-state index in [1.165, 1.54) is 11.9 Å². The maximum atomic E-state index is 12.0. The number of anilines is 1. The Labute approximate surface area is 106 Å². The van der Waals surface area contributed by atoms with Crippen LogP contribution in [-0.4, -0.2) is 15.9 Å². The number of nitrogens with zero attached hydrogens (tertiary/aromatic N) is 2. The van der Waals surface area contributed by atoms with Gasteiger partial charge in [-0.3, -0.25) is 4.79 Å². The molecule has 0 aliphatic carbocycles. The fourth-order valence-corrected chi connectivity index (χ4v) is 1.72. The summed E-state index contributed by atoms with van der Waals surface area (Å²) in [6.45, 7) is 5.82. The lowest BCUT2D eigenvalue weighted by atomic mass is 10.1. The van der Waals surface area contributed by atoms with Gasteiger partial charge in [0.05, 0.1) is 0 Å². The molecule has 2 rings (SSSR count). The number of aryl methyl sites for hydroxylation is 3. The highest BCUT2D eigenvalue weighted by atomic mass is 16.1. The van der Waals surface area contributed by atoms with Crippen LogP contribution in [0.1, 0.15) is 27.3 Å². The molecule has 0 saturated carbocycles. The van der Waals surface area contributed by atoms with Crippen LogP contribution in [0.5, 0.6) is 0 Å². The van der Waals surface area contributed by atoms with Crippen molar-refractivity contribution in [1.82, 2.24) is 9.97 Å². The molecular formula is C14H15N3O. The van der Waals surface area contributed by atoms with Gasteiger partial charge in [0.1, 0.15) is 12.0 Å². The molecule has 0 fully saturated rings. The normalized spacial score (nSPS) is 10.2. The number of carbonyl (C=O) groups is 1. The first-order valence-electron chi connectivity index (χ1n) is 5.73.